The summed E-state index contributed by atoms with van der Waals surface area (Å²) in [5.74, 6) is 0.497. The first kappa shape index (κ1) is 18.9. The third-order valence-corrected chi connectivity index (χ3v) is 4.89. The Kier molecular flexibility index (Phi) is 5.19. The van der Waals surface area contributed by atoms with E-state index < -0.39 is 6.04 Å². The molecule has 3 rings (SSSR count). The molecule has 0 bridgehead atoms. The largest absolute Gasteiger partial charge is 0.322 e. The number of hydrogen-bond donors (Lipinski definition) is 1. The molecule has 0 spiro atoms. The molecular formula is C20H21ClN4O2. The van der Waals surface area contributed by atoms with Gasteiger partial charge < -0.3 is 10.2 Å². The Balaban J connectivity index is 1.90. The lowest BCUT2D eigenvalue weighted by Crippen LogP contribution is -2.37. The van der Waals surface area contributed by atoms with Gasteiger partial charge in [0.2, 0.25) is 0 Å². The van der Waals surface area contributed by atoms with Crippen LogP contribution in [-0.2, 0) is 7.05 Å². The average Bonchev–Trinajstić information content (AvgIpc) is 2.65. The van der Waals surface area contributed by atoms with E-state index in [4.69, 9.17) is 11.6 Å². The highest BCUT2D eigenvalue weighted by atomic mass is 35.5. The Morgan fingerprint density at radius 3 is 2.56 bits per heavy atom. The summed E-state index contributed by atoms with van der Waals surface area (Å²) < 4.78 is 1.46. The molecular weight excluding hydrogens is 364 g/mol. The highest BCUT2D eigenvalue weighted by Crippen LogP contribution is 2.21. The molecule has 1 unspecified atom stereocenters. The molecule has 0 saturated heterocycles. The first-order chi connectivity index (χ1) is 12.8. The van der Waals surface area contributed by atoms with Crippen molar-refractivity contribution in [3.63, 3.8) is 0 Å². The molecule has 2 amide bonds. The normalized spacial score (nSPS) is 12.0. The molecule has 0 aliphatic heterocycles. The molecule has 2 aromatic carbocycles. The molecule has 0 fully saturated rings. The van der Waals surface area contributed by atoms with E-state index in [1.807, 2.05) is 38.1 Å². The summed E-state index contributed by atoms with van der Waals surface area (Å²) in [6.07, 6.45) is 0. The summed E-state index contributed by atoms with van der Waals surface area (Å²) in [5, 5.41) is 3.79. The van der Waals surface area contributed by atoms with E-state index in [9.17, 15) is 9.59 Å². The van der Waals surface area contributed by atoms with Crippen LogP contribution >= 0.6 is 11.6 Å². The molecule has 0 aliphatic carbocycles. The van der Waals surface area contributed by atoms with Crippen molar-refractivity contribution in [2.75, 3.05) is 12.4 Å². The van der Waals surface area contributed by atoms with Crippen molar-refractivity contribution in [2.24, 2.45) is 7.05 Å². The number of hydrogen-bond acceptors (Lipinski definition) is 3. The monoisotopic (exact) mass is 384 g/mol. The summed E-state index contributed by atoms with van der Waals surface area (Å²) >= 11 is 5.99. The molecule has 0 saturated carbocycles. The second kappa shape index (κ2) is 7.40. The molecule has 1 N–H and O–H groups in total. The number of amides is 2. The average molecular weight is 385 g/mol. The molecule has 6 nitrogen and oxygen atoms in total. The van der Waals surface area contributed by atoms with E-state index in [-0.39, 0.29) is 11.6 Å². The Morgan fingerprint density at radius 2 is 1.89 bits per heavy atom. The molecule has 3 aromatic rings. The zero-order chi connectivity index (χ0) is 19.7. The number of anilines is 1. The summed E-state index contributed by atoms with van der Waals surface area (Å²) in [6.45, 7) is 3.82. The number of nitrogens with zero attached hydrogens (tertiary/aromatic N) is 3. The highest BCUT2D eigenvalue weighted by molar-refractivity contribution is 6.31. The number of nitrogens with one attached hydrogen (secondary N) is 1. The van der Waals surface area contributed by atoms with Crippen molar-refractivity contribution in [2.45, 2.75) is 19.9 Å². The summed E-state index contributed by atoms with van der Waals surface area (Å²) in [4.78, 5) is 31.4. The fourth-order valence-corrected chi connectivity index (χ4v) is 3.00. The van der Waals surface area contributed by atoms with Crippen LogP contribution in [0.2, 0.25) is 5.02 Å². The van der Waals surface area contributed by atoms with Gasteiger partial charge >= 0.3 is 6.03 Å². The van der Waals surface area contributed by atoms with Crippen LogP contribution in [0.4, 0.5) is 10.5 Å². The predicted molar refractivity (Wildman–Crippen MR) is 108 cm³/mol. The fraction of sp³-hybridized carbons (Fsp3) is 0.250. The van der Waals surface area contributed by atoms with E-state index in [0.29, 0.717) is 27.4 Å². The van der Waals surface area contributed by atoms with Crippen molar-refractivity contribution in [1.29, 1.82) is 0 Å². The van der Waals surface area contributed by atoms with Crippen LogP contribution in [0.3, 0.4) is 0 Å². The van der Waals surface area contributed by atoms with Crippen molar-refractivity contribution < 1.29 is 4.79 Å². The molecule has 0 radical (unpaired) electrons. The fourth-order valence-electron chi connectivity index (χ4n) is 2.83. The Bertz CT molecular complexity index is 1060. The van der Waals surface area contributed by atoms with Gasteiger partial charge in [-0.1, -0.05) is 29.3 Å². The maximum atomic E-state index is 12.7. The maximum Gasteiger partial charge on any atom is 0.322 e. The number of carbonyl (C=O) groups excluding carboxylic acids is 1. The zero-order valence-electron chi connectivity index (χ0n) is 15.7. The van der Waals surface area contributed by atoms with E-state index in [1.54, 1.807) is 32.3 Å². The Labute approximate surface area is 162 Å². The van der Waals surface area contributed by atoms with Gasteiger partial charge in [0.1, 0.15) is 5.82 Å². The van der Waals surface area contributed by atoms with Crippen molar-refractivity contribution in [3.8, 4) is 0 Å². The minimum Gasteiger partial charge on any atom is -0.318 e. The summed E-state index contributed by atoms with van der Waals surface area (Å²) in [7, 11) is 3.32. The second-order valence-corrected chi connectivity index (χ2v) is 7.02. The van der Waals surface area contributed by atoms with Gasteiger partial charge in [-0.3, -0.25) is 9.36 Å². The van der Waals surface area contributed by atoms with Crippen molar-refractivity contribution >= 4 is 34.2 Å². The van der Waals surface area contributed by atoms with Gasteiger partial charge in [-0.05, 0) is 44.2 Å². The smallest absolute Gasteiger partial charge is 0.318 e. The molecule has 140 valence electrons. The van der Waals surface area contributed by atoms with Crippen LogP contribution in [0.1, 0.15) is 24.4 Å². The topological polar surface area (TPSA) is 67.2 Å². The molecule has 1 atom stereocenters. The van der Waals surface area contributed by atoms with Crippen molar-refractivity contribution in [3.05, 3.63) is 69.2 Å². The first-order valence-corrected chi connectivity index (χ1v) is 8.92. The number of urea groups is 1. The molecule has 0 aliphatic rings. The van der Waals surface area contributed by atoms with Gasteiger partial charge in [-0.15, -0.1) is 0 Å². The van der Waals surface area contributed by atoms with Gasteiger partial charge in [0.25, 0.3) is 5.56 Å². The van der Waals surface area contributed by atoms with Gasteiger partial charge in [0.05, 0.1) is 16.9 Å². The first-order valence-electron chi connectivity index (χ1n) is 8.54. The molecule has 27 heavy (non-hydrogen) atoms. The number of benzene rings is 2. The van der Waals surface area contributed by atoms with Crippen LogP contribution in [0.5, 0.6) is 0 Å². The number of fused-ring (bicyclic) bond motifs is 1. The third kappa shape index (κ3) is 3.80. The molecule has 7 heteroatoms. The van der Waals surface area contributed by atoms with E-state index in [1.165, 1.54) is 9.47 Å². The predicted octanol–water partition coefficient (Wildman–Crippen LogP) is 4.12. The highest BCUT2D eigenvalue weighted by Gasteiger charge is 2.22. The van der Waals surface area contributed by atoms with Crippen LogP contribution < -0.4 is 10.9 Å². The number of halogens is 1. The van der Waals surface area contributed by atoms with Crippen LogP contribution in [0.25, 0.3) is 10.9 Å². The van der Waals surface area contributed by atoms with Gasteiger partial charge in [-0.2, -0.15) is 0 Å². The number of aromatic nitrogens is 2. The van der Waals surface area contributed by atoms with E-state index >= 15 is 0 Å². The van der Waals surface area contributed by atoms with Crippen LogP contribution in [0.15, 0.2) is 47.3 Å². The molecule has 1 heterocycles. The van der Waals surface area contributed by atoms with Gasteiger partial charge in [0, 0.05) is 24.8 Å². The van der Waals surface area contributed by atoms with E-state index in [2.05, 4.69) is 10.3 Å². The Morgan fingerprint density at radius 1 is 1.22 bits per heavy atom. The SMILES string of the molecule is Cc1ccc(NC(=O)N(C)C(C)c2nc3ccc(Cl)cc3c(=O)n2C)cc1. The molecule has 1 aromatic heterocycles. The van der Waals surface area contributed by atoms with Crippen LogP contribution in [0, 0.1) is 6.92 Å². The Hall–Kier alpha value is -2.86. The number of rotatable bonds is 3. The quantitative estimate of drug-likeness (QED) is 0.738. The lowest BCUT2D eigenvalue weighted by Gasteiger charge is -2.26. The van der Waals surface area contributed by atoms with Crippen LogP contribution in [-0.4, -0.2) is 27.5 Å². The summed E-state index contributed by atoms with van der Waals surface area (Å²) in [6, 6.07) is 11.9. The van der Waals surface area contributed by atoms with Gasteiger partial charge in [0.15, 0.2) is 0 Å². The van der Waals surface area contributed by atoms with Gasteiger partial charge in [-0.25, -0.2) is 9.78 Å². The lowest BCUT2D eigenvalue weighted by molar-refractivity contribution is 0.205. The zero-order valence-corrected chi connectivity index (χ0v) is 16.4. The number of carbonyl (C=O) groups is 1. The number of aryl methyl sites for hydroxylation is 1. The maximum absolute atomic E-state index is 12.7. The minimum absolute atomic E-state index is 0.198. The minimum atomic E-state index is -0.409. The second-order valence-electron chi connectivity index (χ2n) is 6.58. The standard InChI is InChI=1S/C20H21ClN4O2/c1-12-5-8-15(9-6-12)22-20(27)24(3)13(2)18-23-17-10-7-14(21)11-16(17)19(26)25(18)4/h5-11,13H,1-4H3,(H,22,27). The van der Waals surface area contributed by atoms with Crippen molar-refractivity contribution in [1.82, 2.24) is 14.5 Å². The van der Waals surface area contributed by atoms with E-state index in [0.717, 1.165) is 5.56 Å². The lowest BCUT2D eigenvalue weighted by atomic mass is 10.2. The third-order valence-electron chi connectivity index (χ3n) is 4.65. The summed E-state index contributed by atoms with van der Waals surface area (Å²) in [5.41, 5.74) is 2.18.